The van der Waals surface area contributed by atoms with Gasteiger partial charge in [0, 0.05) is 22.9 Å². The van der Waals surface area contributed by atoms with Crippen LogP contribution in [-0.4, -0.2) is 36.1 Å². The van der Waals surface area contributed by atoms with E-state index in [9.17, 15) is 14.4 Å². The Morgan fingerprint density at radius 1 is 1.00 bits per heavy atom. The van der Waals surface area contributed by atoms with Crippen molar-refractivity contribution >= 4 is 34.8 Å². The zero-order chi connectivity index (χ0) is 24.9. The Morgan fingerprint density at radius 2 is 1.71 bits per heavy atom. The first-order valence-corrected chi connectivity index (χ1v) is 12.5. The number of hydrogen-bond donors (Lipinski definition) is 2. The van der Waals surface area contributed by atoms with E-state index in [0.717, 1.165) is 55.2 Å². The van der Waals surface area contributed by atoms with Gasteiger partial charge in [-0.1, -0.05) is 56.0 Å². The van der Waals surface area contributed by atoms with E-state index in [1.54, 1.807) is 6.07 Å². The molecule has 1 fully saturated rings. The van der Waals surface area contributed by atoms with Crippen molar-refractivity contribution in [1.29, 1.82) is 0 Å². The number of nitrogens with one attached hydrogen (secondary N) is 2. The van der Waals surface area contributed by atoms with Crippen molar-refractivity contribution in [2.45, 2.75) is 65.5 Å². The van der Waals surface area contributed by atoms with Gasteiger partial charge in [-0.2, -0.15) is 0 Å². The molecule has 2 aliphatic rings. The smallest absolute Gasteiger partial charge is 0.308 e. The number of carbonyl (C=O) groups is 3. The largest absolute Gasteiger partial charge is 0.321 e. The maximum atomic E-state index is 13.8. The molecule has 1 atom stereocenters. The Labute approximate surface area is 207 Å². The predicted octanol–water partition coefficient (Wildman–Crippen LogP) is 5.15. The molecule has 3 amide bonds. The van der Waals surface area contributed by atoms with Gasteiger partial charge in [0.2, 0.25) is 6.17 Å². The number of carbonyl (C=O) groups excluding carboxylic acids is 3. The lowest BCUT2D eigenvalue weighted by molar-refractivity contribution is -0.125. The van der Waals surface area contributed by atoms with Gasteiger partial charge in [-0.05, 0) is 56.9 Å². The number of aryl methyl sites for hydroxylation is 2. The van der Waals surface area contributed by atoms with Crippen molar-refractivity contribution in [3.05, 3.63) is 59.2 Å². The van der Waals surface area contributed by atoms with Crippen LogP contribution in [-0.2, 0) is 9.59 Å². The van der Waals surface area contributed by atoms with E-state index < -0.39 is 18.1 Å². The monoisotopic (exact) mass is 474 g/mol. The number of Topliss-reactive ketones (excluding diaryl/α,β-unsaturated/α-hetero) is 1. The Morgan fingerprint density at radius 3 is 2.43 bits per heavy atom. The molecule has 1 heterocycles. The fraction of sp³-hybridized carbons (Fsp3) is 0.429. The van der Waals surface area contributed by atoms with E-state index in [4.69, 9.17) is 0 Å². The van der Waals surface area contributed by atoms with Crippen molar-refractivity contribution in [3.63, 3.8) is 0 Å². The number of para-hydroxylation sites is 1. The molecule has 1 aliphatic carbocycles. The standard InChI is InChI=1S/C28H34N4O3/c1-18-10-8-14-22(16-18)30-28(35)31-26-27(34)32(17-24(33)21-12-6-4-5-7-13-21)25-19(2)11-9-15-23(25)20(3)29-26/h8-11,14-16,21,26H,4-7,12-13,17H2,1-3H3,(H2,30,31,35)/t26-/m0/s1. The minimum atomic E-state index is -1.13. The summed E-state index contributed by atoms with van der Waals surface area (Å²) in [6.07, 6.45) is 5.02. The van der Waals surface area contributed by atoms with Crippen LogP contribution in [0.15, 0.2) is 47.5 Å². The molecule has 0 bridgehead atoms. The molecule has 0 radical (unpaired) electrons. The number of amides is 3. The first kappa shape index (κ1) is 24.6. The second-order valence-electron chi connectivity index (χ2n) is 9.64. The molecule has 7 heteroatoms. The number of rotatable bonds is 5. The number of nitrogens with zero attached hydrogens (tertiary/aromatic N) is 2. The van der Waals surface area contributed by atoms with Gasteiger partial charge < -0.3 is 15.5 Å². The van der Waals surface area contributed by atoms with Gasteiger partial charge in [0.1, 0.15) is 0 Å². The third-order valence-electron chi connectivity index (χ3n) is 6.89. The number of benzodiazepines with no additional fused rings is 1. The molecular formula is C28H34N4O3. The summed E-state index contributed by atoms with van der Waals surface area (Å²) in [5.41, 5.74) is 4.67. The van der Waals surface area contributed by atoms with Crippen LogP contribution in [0.1, 0.15) is 62.1 Å². The molecule has 7 nitrogen and oxygen atoms in total. The molecule has 1 aliphatic heterocycles. The van der Waals surface area contributed by atoms with Crippen LogP contribution in [0, 0.1) is 19.8 Å². The SMILES string of the molecule is CC1=N[C@@H](NC(=O)Nc2cccc(C)c2)C(=O)N(CC(=O)C2CCCCCC2)c2c(C)cccc21. The lowest BCUT2D eigenvalue weighted by Gasteiger charge is -2.28. The Kier molecular flexibility index (Phi) is 7.63. The number of hydrogen-bond acceptors (Lipinski definition) is 4. The maximum Gasteiger partial charge on any atom is 0.321 e. The molecule has 0 spiro atoms. The second kappa shape index (κ2) is 10.8. The van der Waals surface area contributed by atoms with Crippen molar-refractivity contribution in [1.82, 2.24) is 5.32 Å². The van der Waals surface area contributed by atoms with Crippen molar-refractivity contribution in [3.8, 4) is 0 Å². The highest BCUT2D eigenvalue weighted by Crippen LogP contribution is 2.31. The molecule has 1 saturated carbocycles. The zero-order valence-corrected chi connectivity index (χ0v) is 20.8. The van der Waals surface area contributed by atoms with Gasteiger partial charge in [0.15, 0.2) is 5.78 Å². The molecule has 2 N–H and O–H groups in total. The third-order valence-corrected chi connectivity index (χ3v) is 6.89. The van der Waals surface area contributed by atoms with Crippen molar-refractivity contribution < 1.29 is 14.4 Å². The number of benzene rings is 2. The summed E-state index contributed by atoms with van der Waals surface area (Å²) >= 11 is 0. The number of fused-ring (bicyclic) bond motifs is 1. The minimum Gasteiger partial charge on any atom is -0.308 e. The van der Waals surface area contributed by atoms with Gasteiger partial charge in [0.25, 0.3) is 5.91 Å². The number of urea groups is 1. The van der Waals surface area contributed by atoms with Crippen LogP contribution in [0.3, 0.4) is 0 Å². The van der Waals surface area contributed by atoms with E-state index >= 15 is 0 Å². The summed E-state index contributed by atoms with van der Waals surface area (Å²) in [4.78, 5) is 46.0. The lowest BCUT2D eigenvalue weighted by atomic mass is 9.94. The minimum absolute atomic E-state index is 0.0121. The van der Waals surface area contributed by atoms with Crippen LogP contribution < -0.4 is 15.5 Å². The molecule has 0 unspecified atom stereocenters. The van der Waals surface area contributed by atoms with Crippen LogP contribution in [0.25, 0.3) is 0 Å². The van der Waals surface area contributed by atoms with Crippen LogP contribution in [0.5, 0.6) is 0 Å². The highest BCUT2D eigenvalue weighted by atomic mass is 16.2. The third kappa shape index (κ3) is 5.78. The van der Waals surface area contributed by atoms with E-state index in [1.807, 2.05) is 57.2 Å². The highest BCUT2D eigenvalue weighted by molar-refractivity contribution is 6.14. The molecular weight excluding hydrogens is 440 g/mol. The summed E-state index contributed by atoms with van der Waals surface area (Å²) in [7, 11) is 0. The number of ketones is 1. The summed E-state index contributed by atoms with van der Waals surface area (Å²) in [6.45, 7) is 5.69. The summed E-state index contributed by atoms with van der Waals surface area (Å²) in [5.74, 6) is -0.352. The van der Waals surface area contributed by atoms with Crippen molar-refractivity contribution in [2.75, 3.05) is 16.8 Å². The van der Waals surface area contributed by atoms with Gasteiger partial charge in [-0.25, -0.2) is 4.79 Å². The quantitative estimate of drug-likeness (QED) is 0.588. The Balaban J connectivity index is 1.60. The fourth-order valence-corrected chi connectivity index (χ4v) is 5.04. The summed E-state index contributed by atoms with van der Waals surface area (Å²) < 4.78 is 0. The predicted molar refractivity (Wildman–Crippen MR) is 139 cm³/mol. The number of aliphatic imine (C=N–C) groups is 1. The van der Waals surface area contributed by atoms with E-state index in [0.29, 0.717) is 17.1 Å². The maximum absolute atomic E-state index is 13.8. The Hall–Kier alpha value is -3.48. The summed E-state index contributed by atoms with van der Waals surface area (Å²) in [6, 6.07) is 12.7. The van der Waals surface area contributed by atoms with Crippen LogP contribution in [0.4, 0.5) is 16.2 Å². The topological polar surface area (TPSA) is 90.9 Å². The molecule has 0 aromatic heterocycles. The molecule has 0 saturated heterocycles. The van der Waals surface area contributed by atoms with Gasteiger partial charge in [-0.3, -0.25) is 14.6 Å². The van der Waals surface area contributed by atoms with E-state index in [-0.39, 0.29) is 18.2 Å². The lowest BCUT2D eigenvalue weighted by Crippen LogP contribution is -2.50. The number of anilines is 2. The van der Waals surface area contributed by atoms with Gasteiger partial charge >= 0.3 is 6.03 Å². The molecule has 35 heavy (non-hydrogen) atoms. The first-order chi connectivity index (χ1) is 16.8. The van der Waals surface area contributed by atoms with Crippen LogP contribution >= 0.6 is 0 Å². The second-order valence-corrected chi connectivity index (χ2v) is 9.64. The normalized spacial score (nSPS) is 18.7. The molecule has 4 rings (SSSR count). The highest BCUT2D eigenvalue weighted by Gasteiger charge is 2.35. The average Bonchev–Trinajstić information content (AvgIpc) is 3.15. The molecule has 2 aromatic rings. The van der Waals surface area contributed by atoms with Gasteiger partial charge in [-0.15, -0.1) is 0 Å². The first-order valence-electron chi connectivity index (χ1n) is 12.5. The fourth-order valence-electron chi connectivity index (χ4n) is 5.04. The molecule has 184 valence electrons. The molecule has 2 aromatic carbocycles. The van der Waals surface area contributed by atoms with E-state index in [1.165, 1.54) is 4.90 Å². The summed E-state index contributed by atoms with van der Waals surface area (Å²) in [5, 5.41) is 5.49. The van der Waals surface area contributed by atoms with Gasteiger partial charge in [0.05, 0.1) is 12.2 Å². The van der Waals surface area contributed by atoms with E-state index in [2.05, 4.69) is 15.6 Å². The van der Waals surface area contributed by atoms with Crippen molar-refractivity contribution in [2.24, 2.45) is 10.9 Å². The Bertz CT molecular complexity index is 1150. The van der Waals surface area contributed by atoms with Crippen LogP contribution in [0.2, 0.25) is 0 Å². The zero-order valence-electron chi connectivity index (χ0n) is 20.8. The average molecular weight is 475 g/mol.